The van der Waals surface area contributed by atoms with Gasteiger partial charge in [-0.25, -0.2) is 0 Å². The van der Waals surface area contributed by atoms with Crippen molar-refractivity contribution in [3.8, 4) is 6.07 Å². The molecule has 1 unspecified atom stereocenters. The highest BCUT2D eigenvalue weighted by Crippen LogP contribution is 2.22. The van der Waals surface area contributed by atoms with Crippen molar-refractivity contribution in [2.75, 3.05) is 6.54 Å². The van der Waals surface area contributed by atoms with Gasteiger partial charge in [0.1, 0.15) is 0 Å². The maximum Gasteiger partial charge on any atom is 0.0992 e. The number of aromatic nitrogens is 1. The third-order valence-corrected chi connectivity index (χ3v) is 4.19. The van der Waals surface area contributed by atoms with Gasteiger partial charge >= 0.3 is 0 Å². The number of nitrogens with one attached hydrogen (secondary N) is 1. The summed E-state index contributed by atoms with van der Waals surface area (Å²) in [7, 11) is 2.10. The minimum absolute atomic E-state index is 0.688. The number of hydrogen-bond donors (Lipinski definition) is 1. The molecule has 2 heterocycles. The van der Waals surface area contributed by atoms with Crippen LogP contribution in [0.5, 0.6) is 0 Å². The molecule has 1 aliphatic rings. The van der Waals surface area contributed by atoms with E-state index in [1.807, 2.05) is 18.2 Å². The number of aryl methyl sites for hydroxylation is 2. The van der Waals surface area contributed by atoms with Crippen molar-refractivity contribution in [3.05, 3.63) is 35.5 Å². The second-order valence-corrected chi connectivity index (χ2v) is 5.41. The van der Waals surface area contributed by atoms with Gasteiger partial charge in [-0.2, -0.15) is 5.26 Å². The lowest BCUT2D eigenvalue weighted by Crippen LogP contribution is -2.22. The maximum absolute atomic E-state index is 8.97. The molecular weight excluding hydrogens is 234 g/mol. The number of benzene rings is 1. The first-order chi connectivity index (χ1) is 9.28. The van der Waals surface area contributed by atoms with E-state index in [9.17, 15) is 0 Å². The van der Waals surface area contributed by atoms with Gasteiger partial charge in [-0.15, -0.1) is 0 Å². The van der Waals surface area contributed by atoms with Crippen molar-refractivity contribution >= 4 is 10.9 Å². The zero-order chi connectivity index (χ0) is 13.2. The summed E-state index contributed by atoms with van der Waals surface area (Å²) in [5, 5.41) is 13.8. The SMILES string of the molecule is Cn1c(CCC2CCCN2)cc2ccc(C#N)cc21. The fraction of sp³-hybridized carbons (Fsp3) is 0.438. The Bertz CT molecular complexity index is 627. The molecule has 19 heavy (non-hydrogen) atoms. The Labute approximate surface area is 113 Å². The van der Waals surface area contributed by atoms with Gasteiger partial charge in [0, 0.05) is 24.3 Å². The van der Waals surface area contributed by atoms with Gasteiger partial charge in [-0.05, 0) is 55.8 Å². The summed E-state index contributed by atoms with van der Waals surface area (Å²) < 4.78 is 2.23. The van der Waals surface area contributed by atoms with Gasteiger partial charge in [0.05, 0.1) is 11.6 Å². The standard InChI is InChI=1S/C16H19N3/c1-19-15(7-6-14-3-2-8-18-14)10-13-5-4-12(11-17)9-16(13)19/h4-5,9-10,14,18H,2-3,6-8H2,1H3. The largest absolute Gasteiger partial charge is 0.348 e. The number of nitriles is 1. The quantitative estimate of drug-likeness (QED) is 0.913. The molecule has 0 amide bonds. The van der Waals surface area contributed by atoms with Crippen LogP contribution in [0.4, 0.5) is 0 Å². The van der Waals surface area contributed by atoms with Crippen LogP contribution in [-0.4, -0.2) is 17.2 Å². The Morgan fingerprint density at radius 1 is 1.42 bits per heavy atom. The molecular formula is C16H19N3. The Balaban J connectivity index is 1.83. The van der Waals surface area contributed by atoms with Crippen molar-refractivity contribution in [1.82, 2.24) is 9.88 Å². The number of rotatable bonds is 3. The van der Waals surface area contributed by atoms with Crippen molar-refractivity contribution in [1.29, 1.82) is 5.26 Å². The highest BCUT2D eigenvalue weighted by atomic mass is 15.0. The normalized spacial score (nSPS) is 18.8. The average Bonchev–Trinajstić information content (AvgIpc) is 3.05. The molecule has 0 spiro atoms. The van der Waals surface area contributed by atoms with Crippen LogP contribution in [0.2, 0.25) is 0 Å². The molecule has 2 aromatic rings. The van der Waals surface area contributed by atoms with Crippen molar-refractivity contribution < 1.29 is 0 Å². The van der Waals surface area contributed by atoms with Crippen LogP contribution in [0.3, 0.4) is 0 Å². The summed E-state index contributed by atoms with van der Waals surface area (Å²) in [4.78, 5) is 0. The molecule has 0 saturated carbocycles. The van der Waals surface area contributed by atoms with E-state index in [4.69, 9.17) is 5.26 Å². The van der Waals surface area contributed by atoms with Gasteiger partial charge in [0.25, 0.3) is 0 Å². The van der Waals surface area contributed by atoms with E-state index in [1.165, 1.54) is 36.9 Å². The molecule has 3 nitrogen and oxygen atoms in total. The number of nitrogens with zero attached hydrogens (tertiary/aromatic N) is 2. The van der Waals surface area contributed by atoms with Crippen LogP contribution in [0.15, 0.2) is 24.3 Å². The van der Waals surface area contributed by atoms with Gasteiger partial charge in [0.2, 0.25) is 0 Å². The summed E-state index contributed by atoms with van der Waals surface area (Å²) in [6.07, 6.45) is 4.92. The molecule has 0 aliphatic carbocycles. The average molecular weight is 253 g/mol. The molecule has 1 aromatic heterocycles. The lowest BCUT2D eigenvalue weighted by atomic mass is 10.1. The van der Waals surface area contributed by atoms with E-state index in [1.54, 1.807) is 0 Å². The van der Waals surface area contributed by atoms with Gasteiger partial charge in [-0.1, -0.05) is 6.07 Å². The van der Waals surface area contributed by atoms with E-state index in [-0.39, 0.29) is 0 Å². The molecule has 1 aromatic carbocycles. The summed E-state index contributed by atoms with van der Waals surface area (Å²) in [6.45, 7) is 1.17. The Morgan fingerprint density at radius 2 is 2.32 bits per heavy atom. The number of hydrogen-bond acceptors (Lipinski definition) is 2. The molecule has 98 valence electrons. The lowest BCUT2D eigenvalue weighted by Gasteiger charge is -2.10. The minimum Gasteiger partial charge on any atom is -0.348 e. The lowest BCUT2D eigenvalue weighted by molar-refractivity contribution is 0.551. The predicted molar refractivity (Wildman–Crippen MR) is 77.0 cm³/mol. The second-order valence-electron chi connectivity index (χ2n) is 5.41. The molecule has 0 radical (unpaired) electrons. The summed E-state index contributed by atoms with van der Waals surface area (Å²) in [5.74, 6) is 0. The molecule has 3 heteroatoms. The van der Waals surface area contributed by atoms with E-state index < -0.39 is 0 Å². The van der Waals surface area contributed by atoms with Crippen LogP contribution < -0.4 is 5.32 Å². The topological polar surface area (TPSA) is 40.8 Å². The predicted octanol–water partition coefficient (Wildman–Crippen LogP) is 2.73. The van der Waals surface area contributed by atoms with Crippen LogP contribution in [-0.2, 0) is 13.5 Å². The first-order valence-corrected chi connectivity index (χ1v) is 7.00. The Kier molecular flexibility index (Phi) is 3.27. The summed E-state index contributed by atoms with van der Waals surface area (Å²) >= 11 is 0. The van der Waals surface area contributed by atoms with Crippen LogP contribution in [0.1, 0.15) is 30.5 Å². The van der Waals surface area contributed by atoms with Gasteiger partial charge in [-0.3, -0.25) is 0 Å². The van der Waals surface area contributed by atoms with E-state index in [2.05, 4.69) is 29.1 Å². The van der Waals surface area contributed by atoms with E-state index in [0.29, 0.717) is 6.04 Å². The third kappa shape index (κ3) is 2.36. The minimum atomic E-state index is 0.688. The van der Waals surface area contributed by atoms with Crippen LogP contribution in [0.25, 0.3) is 10.9 Å². The number of fused-ring (bicyclic) bond motifs is 1. The molecule has 3 rings (SSSR count). The molecule has 1 fully saturated rings. The third-order valence-electron chi connectivity index (χ3n) is 4.19. The van der Waals surface area contributed by atoms with E-state index in [0.717, 1.165) is 17.5 Å². The second kappa shape index (κ2) is 5.07. The highest BCUT2D eigenvalue weighted by molar-refractivity contribution is 5.82. The summed E-state index contributed by atoms with van der Waals surface area (Å²) in [5.41, 5.74) is 3.25. The van der Waals surface area contributed by atoms with Gasteiger partial charge < -0.3 is 9.88 Å². The maximum atomic E-state index is 8.97. The summed E-state index contributed by atoms with van der Waals surface area (Å²) in [6, 6.07) is 11.1. The first-order valence-electron chi connectivity index (χ1n) is 7.00. The smallest absolute Gasteiger partial charge is 0.0992 e. The molecule has 1 aliphatic heterocycles. The van der Waals surface area contributed by atoms with Crippen molar-refractivity contribution in [3.63, 3.8) is 0 Å². The highest BCUT2D eigenvalue weighted by Gasteiger charge is 2.15. The Morgan fingerprint density at radius 3 is 3.05 bits per heavy atom. The first kappa shape index (κ1) is 12.3. The zero-order valence-corrected chi connectivity index (χ0v) is 11.3. The van der Waals surface area contributed by atoms with Crippen molar-refractivity contribution in [2.45, 2.75) is 31.7 Å². The zero-order valence-electron chi connectivity index (χ0n) is 11.3. The fourth-order valence-corrected chi connectivity index (χ4v) is 3.02. The molecule has 1 atom stereocenters. The Hall–Kier alpha value is -1.79. The molecule has 1 saturated heterocycles. The van der Waals surface area contributed by atoms with Gasteiger partial charge in [0.15, 0.2) is 0 Å². The fourth-order valence-electron chi connectivity index (χ4n) is 3.02. The monoisotopic (exact) mass is 253 g/mol. The van der Waals surface area contributed by atoms with Crippen molar-refractivity contribution in [2.24, 2.45) is 7.05 Å². The van der Waals surface area contributed by atoms with Crippen LogP contribution >= 0.6 is 0 Å². The van der Waals surface area contributed by atoms with E-state index >= 15 is 0 Å². The molecule has 0 bridgehead atoms. The van der Waals surface area contributed by atoms with Crippen LogP contribution in [0, 0.1) is 11.3 Å². The molecule has 1 N–H and O–H groups in total.